The van der Waals surface area contributed by atoms with Gasteiger partial charge in [0.15, 0.2) is 0 Å². The van der Waals surface area contributed by atoms with Crippen LogP contribution in [0.1, 0.15) is 22.3 Å². The minimum atomic E-state index is -0.686. The summed E-state index contributed by atoms with van der Waals surface area (Å²) in [6.07, 6.45) is 6.45. The number of amides is 2. The maximum absolute atomic E-state index is 13.0. The average molecular weight is 413 g/mol. The van der Waals surface area contributed by atoms with E-state index in [0.29, 0.717) is 18.5 Å². The van der Waals surface area contributed by atoms with Gasteiger partial charge in [0, 0.05) is 24.5 Å². The van der Waals surface area contributed by atoms with Crippen LogP contribution in [0.4, 0.5) is 4.39 Å². The topological polar surface area (TPSA) is 101 Å². The third kappa shape index (κ3) is 6.20. The lowest BCUT2D eigenvalue weighted by molar-refractivity contribution is -0.125. The largest absolute Gasteiger partial charge is 0.394 e. The summed E-state index contributed by atoms with van der Waals surface area (Å²) in [5.74, 6) is -0.995. The standard InChI is InChI=1S/C22H24FN3O4/c23-17-3-1-16(2-4-17)22(29)26-19-6-5-18(30-20(19)14-27)13-21(28)25-12-9-15-7-10-24-11-8-15/h1-8,10-11,18-20,27H,9,12-14H2,(H,25,28)(H,26,29)/t18-,19+,20+/m0/s1. The van der Waals surface area contributed by atoms with Gasteiger partial charge < -0.3 is 20.5 Å². The van der Waals surface area contributed by atoms with E-state index >= 15 is 0 Å². The summed E-state index contributed by atoms with van der Waals surface area (Å²) in [6.45, 7) is 0.179. The molecule has 0 saturated heterocycles. The molecule has 1 aliphatic rings. The number of aromatic nitrogens is 1. The normalized spacial score (nSPS) is 20.5. The Morgan fingerprint density at radius 2 is 1.83 bits per heavy atom. The molecule has 158 valence electrons. The van der Waals surface area contributed by atoms with Crippen LogP contribution in [0.3, 0.4) is 0 Å². The van der Waals surface area contributed by atoms with E-state index in [1.165, 1.54) is 24.3 Å². The lowest BCUT2D eigenvalue weighted by Crippen LogP contribution is -2.49. The lowest BCUT2D eigenvalue weighted by atomic mass is 10.0. The molecule has 1 aromatic heterocycles. The van der Waals surface area contributed by atoms with Crippen LogP contribution in [0.15, 0.2) is 60.9 Å². The summed E-state index contributed by atoms with van der Waals surface area (Å²) < 4.78 is 18.8. The molecule has 30 heavy (non-hydrogen) atoms. The molecule has 8 heteroatoms. The molecule has 1 aliphatic heterocycles. The molecule has 0 spiro atoms. The molecule has 0 bridgehead atoms. The minimum Gasteiger partial charge on any atom is -0.394 e. The number of aliphatic hydroxyl groups is 1. The van der Waals surface area contributed by atoms with Crippen LogP contribution in [-0.2, 0) is 16.0 Å². The minimum absolute atomic E-state index is 0.113. The second-order valence-corrected chi connectivity index (χ2v) is 6.95. The Morgan fingerprint density at radius 1 is 1.10 bits per heavy atom. The molecule has 0 unspecified atom stereocenters. The van der Waals surface area contributed by atoms with Crippen molar-refractivity contribution in [2.24, 2.45) is 0 Å². The van der Waals surface area contributed by atoms with Gasteiger partial charge in [-0.3, -0.25) is 14.6 Å². The number of rotatable bonds is 8. The molecule has 7 nitrogen and oxygen atoms in total. The van der Waals surface area contributed by atoms with Crippen LogP contribution in [0.5, 0.6) is 0 Å². The zero-order chi connectivity index (χ0) is 21.3. The number of nitrogens with zero attached hydrogens (tertiary/aromatic N) is 1. The summed E-state index contributed by atoms with van der Waals surface area (Å²) in [7, 11) is 0. The van der Waals surface area contributed by atoms with Crippen LogP contribution < -0.4 is 10.6 Å². The fraction of sp³-hybridized carbons (Fsp3) is 0.318. The maximum Gasteiger partial charge on any atom is 0.251 e. The van der Waals surface area contributed by atoms with Gasteiger partial charge in [-0.25, -0.2) is 4.39 Å². The molecular formula is C22H24FN3O4. The van der Waals surface area contributed by atoms with Gasteiger partial charge in [0.2, 0.25) is 5.91 Å². The predicted molar refractivity (Wildman–Crippen MR) is 108 cm³/mol. The highest BCUT2D eigenvalue weighted by molar-refractivity contribution is 5.94. The number of carbonyl (C=O) groups excluding carboxylic acids is 2. The third-order valence-electron chi connectivity index (χ3n) is 4.74. The van der Waals surface area contributed by atoms with E-state index in [-0.39, 0.29) is 18.9 Å². The third-order valence-corrected chi connectivity index (χ3v) is 4.74. The van der Waals surface area contributed by atoms with Crippen molar-refractivity contribution in [3.05, 3.63) is 77.9 Å². The van der Waals surface area contributed by atoms with Gasteiger partial charge in [0.1, 0.15) is 11.9 Å². The molecule has 0 fully saturated rings. The van der Waals surface area contributed by atoms with E-state index in [0.717, 1.165) is 5.56 Å². The quantitative estimate of drug-likeness (QED) is 0.568. The Balaban J connectivity index is 1.48. The first-order valence-electron chi connectivity index (χ1n) is 9.72. The Labute approximate surface area is 174 Å². The van der Waals surface area contributed by atoms with Crippen LogP contribution >= 0.6 is 0 Å². The van der Waals surface area contributed by atoms with Crippen molar-refractivity contribution < 1.29 is 23.8 Å². The second-order valence-electron chi connectivity index (χ2n) is 6.95. The second kappa shape index (κ2) is 10.6. The number of ether oxygens (including phenoxy) is 1. The molecule has 3 N–H and O–H groups in total. The number of carbonyl (C=O) groups is 2. The monoisotopic (exact) mass is 413 g/mol. The van der Waals surface area contributed by atoms with Gasteiger partial charge in [-0.1, -0.05) is 12.2 Å². The van der Waals surface area contributed by atoms with Gasteiger partial charge in [0.05, 0.1) is 25.2 Å². The zero-order valence-electron chi connectivity index (χ0n) is 16.3. The van der Waals surface area contributed by atoms with Crippen LogP contribution in [0, 0.1) is 5.82 Å². The number of halogens is 1. The van der Waals surface area contributed by atoms with Crippen molar-refractivity contribution in [2.45, 2.75) is 31.1 Å². The molecule has 3 atom stereocenters. The van der Waals surface area contributed by atoms with Gasteiger partial charge in [-0.2, -0.15) is 0 Å². The zero-order valence-corrected chi connectivity index (χ0v) is 16.3. The van der Waals surface area contributed by atoms with Crippen molar-refractivity contribution >= 4 is 11.8 Å². The molecule has 2 aromatic rings. The predicted octanol–water partition coefficient (Wildman–Crippen LogP) is 1.38. The van der Waals surface area contributed by atoms with Crippen molar-refractivity contribution in [1.29, 1.82) is 0 Å². The molecule has 1 aromatic carbocycles. The van der Waals surface area contributed by atoms with E-state index < -0.39 is 30.0 Å². The molecule has 3 rings (SSSR count). The number of hydrogen-bond acceptors (Lipinski definition) is 5. The first-order chi connectivity index (χ1) is 14.5. The van der Waals surface area contributed by atoms with Crippen molar-refractivity contribution in [3.63, 3.8) is 0 Å². The van der Waals surface area contributed by atoms with Crippen molar-refractivity contribution in [1.82, 2.24) is 15.6 Å². The molecule has 0 saturated carbocycles. The molecule has 0 radical (unpaired) electrons. The number of hydrogen-bond donors (Lipinski definition) is 3. The van der Waals surface area contributed by atoms with Gasteiger partial charge in [-0.05, 0) is 48.4 Å². The SMILES string of the molecule is O=C(C[C@@H]1C=C[C@@H](NC(=O)c2ccc(F)cc2)[C@@H](CO)O1)NCCc1ccncc1. The fourth-order valence-corrected chi connectivity index (χ4v) is 3.12. The van der Waals surface area contributed by atoms with E-state index in [2.05, 4.69) is 15.6 Å². The molecule has 0 aliphatic carbocycles. The Kier molecular flexibility index (Phi) is 7.64. The van der Waals surface area contributed by atoms with Gasteiger partial charge >= 0.3 is 0 Å². The van der Waals surface area contributed by atoms with E-state index in [9.17, 15) is 19.1 Å². The Morgan fingerprint density at radius 3 is 2.53 bits per heavy atom. The fourth-order valence-electron chi connectivity index (χ4n) is 3.12. The summed E-state index contributed by atoms with van der Waals surface area (Å²) in [4.78, 5) is 28.4. The van der Waals surface area contributed by atoms with E-state index in [1.807, 2.05) is 12.1 Å². The van der Waals surface area contributed by atoms with E-state index in [1.54, 1.807) is 24.5 Å². The summed E-state index contributed by atoms with van der Waals surface area (Å²) in [5, 5.41) is 15.2. The number of benzene rings is 1. The highest BCUT2D eigenvalue weighted by Crippen LogP contribution is 2.16. The number of pyridine rings is 1. The maximum atomic E-state index is 13.0. The van der Waals surface area contributed by atoms with E-state index in [4.69, 9.17) is 4.74 Å². The lowest BCUT2D eigenvalue weighted by Gasteiger charge is -2.31. The summed E-state index contributed by atoms with van der Waals surface area (Å²) in [5.41, 5.74) is 1.39. The highest BCUT2D eigenvalue weighted by atomic mass is 19.1. The molecule has 2 amide bonds. The molecule has 2 heterocycles. The van der Waals surface area contributed by atoms with Crippen molar-refractivity contribution in [2.75, 3.05) is 13.2 Å². The van der Waals surface area contributed by atoms with Crippen molar-refractivity contribution in [3.8, 4) is 0 Å². The number of aliphatic hydroxyl groups excluding tert-OH is 1. The van der Waals surface area contributed by atoms with Gasteiger partial charge in [0.25, 0.3) is 5.91 Å². The van der Waals surface area contributed by atoms with Crippen LogP contribution in [-0.4, -0.2) is 53.3 Å². The number of nitrogens with one attached hydrogen (secondary N) is 2. The summed E-state index contributed by atoms with van der Waals surface area (Å²) in [6, 6.07) is 8.40. The van der Waals surface area contributed by atoms with Crippen LogP contribution in [0.25, 0.3) is 0 Å². The smallest absolute Gasteiger partial charge is 0.251 e. The highest BCUT2D eigenvalue weighted by Gasteiger charge is 2.29. The molecular weight excluding hydrogens is 389 g/mol. The first-order valence-corrected chi connectivity index (χ1v) is 9.72. The average Bonchev–Trinajstić information content (AvgIpc) is 2.76. The first kappa shape index (κ1) is 21.6. The Bertz CT molecular complexity index is 874. The summed E-state index contributed by atoms with van der Waals surface area (Å²) >= 11 is 0. The van der Waals surface area contributed by atoms with Crippen LogP contribution in [0.2, 0.25) is 0 Å². The Hall–Kier alpha value is -3.10. The van der Waals surface area contributed by atoms with Gasteiger partial charge in [-0.15, -0.1) is 0 Å².